The second-order valence-electron chi connectivity index (χ2n) is 6.01. The average molecular weight is 470 g/mol. The molecule has 0 amide bonds. The molecule has 0 aromatic heterocycles. The number of hydrazone groups is 1. The Morgan fingerprint density at radius 2 is 1.83 bits per heavy atom. The van der Waals surface area contributed by atoms with Gasteiger partial charge in [0.05, 0.1) is 13.3 Å². The fraction of sp³-hybridized carbons (Fsp3) is 0.0909. The van der Waals surface area contributed by atoms with Crippen molar-refractivity contribution in [3.8, 4) is 11.5 Å². The molecule has 0 unspecified atom stereocenters. The molecule has 0 aliphatic rings. The minimum Gasteiger partial charge on any atom is -0.497 e. The highest BCUT2D eigenvalue weighted by atomic mass is 79.9. The van der Waals surface area contributed by atoms with Crippen molar-refractivity contribution in [2.45, 2.75) is 6.61 Å². The maximum absolute atomic E-state index is 5.95. The number of methoxy groups -OCH3 is 1. The molecule has 0 radical (unpaired) electrons. The van der Waals surface area contributed by atoms with Crippen LogP contribution < -0.4 is 20.2 Å². The van der Waals surface area contributed by atoms with Gasteiger partial charge in [-0.2, -0.15) is 5.10 Å². The highest BCUT2D eigenvalue weighted by molar-refractivity contribution is 9.10. The topological polar surface area (TPSA) is 54.9 Å². The Hall–Kier alpha value is -2.90. The Balaban J connectivity index is 1.59. The van der Waals surface area contributed by atoms with Crippen molar-refractivity contribution in [2.75, 3.05) is 12.4 Å². The van der Waals surface area contributed by atoms with Crippen molar-refractivity contribution in [3.05, 3.63) is 88.4 Å². The molecule has 3 aromatic carbocycles. The number of benzene rings is 3. The van der Waals surface area contributed by atoms with Crippen LogP contribution in [0.5, 0.6) is 11.5 Å². The van der Waals surface area contributed by atoms with E-state index in [4.69, 9.17) is 21.7 Å². The maximum Gasteiger partial charge on any atom is 0.191 e. The average Bonchev–Trinajstić information content (AvgIpc) is 2.74. The van der Waals surface area contributed by atoms with Gasteiger partial charge in [-0.3, -0.25) is 5.43 Å². The van der Waals surface area contributed by atoms with Crippen molar-refractivity contribution in [1.29, 1.82) is 0 Å². The summed E-state index contributed by atoms with van der Waals surface area (Å²) < 4.78 is 12.0. The number of nitrogens with zero attached hydrogens (tertiary/aromatic N) is 1. The van der Waals surface area contributed by atoms with Gasteiger partial charge in [-0.1, -0.05) is 46.3 Å². The molecule has 0 fully saturated rings. The summed E-state index contributed by atoms with van der Waals surface area (Å²) in [5.74, 6) is 1.52. The summed E-state index contributed by atoms with van der Waals surface area (Å²) in [4.78, 5) is 0. The second-order valence-corrected chi connectivity index (χ2v) is 7.33. The smallest absolute Gasteiger partial charge is 0.191 e. The first-order chi connectivity index (χ1) is 14.1. The Morgan fingerprint density at radius 1 is 1.07 bits per heavy atom. The fourth-order valence-electron chi connectivity index (χ4n) is 2.48. The molecular weight excluding hydrogens is 450 g/mol. The lowest BCUT2D eigenvalue weighted by molar-refractivity contribution is 0.306. The Bertz CT molecular complexity index is 979. The molecule has 0 heterocycles. The van der Waals surface area contributed by atoms with Crippen molar-refractivity contribution in [1.82, 2.24) is 5.43 Å². The van der Waals surface area contributed by atoms with Crippen molar-refractivity contribution >= 4 is 45.2 Å². The molecule has 0 atom stereocenters. The van der Waals surface area contributed by atoms with E-state index in [-0.39, 0.29) is 0 Å². The highest BCUT2D eigenvalue weighted by Gasteiger charge is 2.04. The highest BCUT2D eigenvalue weighted by Crippen LogP contribution is 2.23. The lowest BCUT2D eigenvalue weighted by atomic mass is 10.2. The van der Waals surface area contributed by atoms with E-state index in [9.17, 15) is 0 Å². The number of nitrogens with one attached hydrogen (secondary N) is 2. The third-order valence-electron chi connectivity index (χ3n) is 3.93. The maximum atomic E-state index is 5.95. The third-order valence-corrected chi connectivity index (χ3v) is 4.61. The van der Waals surface area contributed by atoms with Gasteiger partial charge in [0.25, 0.3) is 0 Å². The van der Waals surface area contributed by atoms with Crippen LogP contribution in [-0.4, -0.2) is 18.4 Å². The van der Waals surface area contributed by atoms with Gasteiger partial charge >= 0.3 is 0 Å². The lowest BCUT2D eigenvalue weighted by Crippen LogP contribution is -2.23. The van der Waals surface area contributed by atoms with E-state index < -0.39 is 0 Å². The van der Waals surface area contributed by atoms with Crippen LogP contribution >= 0.6 is 28.1 Å². The van der Waals surface area contributed by atoms with E-state index in [1.807, 2.05) is 72.8 Å². The Labute approximate surface area is 183 Å². The zero-order chi connectivity index (χ0) is 20.5. The van der Waals surface area contributed by atoms with Gasteiger partial charge in [0, 0.05) is 15.7 Å². The van der Waals surface area contributed by atoms with E-state index in [1.165, 1.54) is 0 Å². The fourth-order valence-corrected chi connectivity index (χ4v) is 3.03. The SMILES string of the molecule is COc1ccc(NC(=S)NN=Cc2cc(Br)ccc2OCc2ccccc2)cc1. The predicted octanol–water partition coefficient (Wildman–Crippen LogP) is 5.36. The van der Waals surface area contributed by atoms with Gasteiger partial charge in [-0.05, 0) is 60.2 Å². The molecule has 0 aliphatic carbocycles. The molecule has 2 N–H and O–H groups in total. The van der Waals surface area contributed by atoms with E-state index in [0.717, 1.165) is 32.8 Å². The van der Waals surface area contributed by atoms with Gasteiger partial charge in [-0.15, -0.1) is 0 Å². The van der Waals surface area contributed by atoms with E-state index in [1.54, 1.807) is 13.3 Å². The summed E-state index contributed by atoms with van der Waals surface area (Å²) in [6, 6.07) is 23.2. The van der Waals surface area contributed by atoms with Crippen LogP contribution in [0.2, 0.25) is 0 Å². The Morgan fingerprint density at radius 3 is 2.55 bits per heavy atom. The molecular formula is C22H20BrN3O2S. The minimum atomic E-state index is 0.383. The summed E-state index contributed by atoms with van der Waals surface area (Å²) in [5, 5.41) is 7.67. The normalized spacial score (nSPS) is 10.6. The summed E-state index contributed by atoms with van der Waals surface area (Å²) in [7, 11) is 1.63. The van der Waals surface area contributed by atoms with Gasteiger partial charge in [0.15, 0.2) is 5.11 Å². The van der Waals surface area contributed by atoms with Gasteiger partial charge in [0.2, 0.25) is 0 Å². The van der Waals surface area contributed by atoms with Crippen LogP contribution in [0.3, 0.4) is 0 Å². The largest absolute Gasteiger partial charge is 0.497 e. The van der Waals surface area contributed by atoms with Crippen molar-refractivity contribution in [2.24, 2.45) is 5.10 Å². The predicted molar refractivity (Wildman–Crippen MR) is 125 cm³/mol. The monoisotopic (exact) mass is 469 g/mol. The van der Waals surface area contributed by atoms with E-state index in [2.05, 4.69) is 31.8 Å². The van der Waals surface area contributed by atoms with Crippen LogP contribution in [0, 0.1) is 0 Å². The number of rotatable bonds is 7. The molecule has 148 valence electrons. The number of ether oxygens (including phenoxy) is 2. The zero-order valence-electron chi connectivity index (χ0n) is 15.8. The number of halogens is 1. The van der Waals surface area contributed by atoms with E-state index >= 15 is 0 Å². The second kappa shape index (κ2) is 10.6. The number of thiocarbonyl (C=S) groups is 1. The van der Waals surface area contributed by atoms with Crippen molar-refractivity contribution in [3.63, 3.8) is 0 Å². The molecule has 7 heteroatoms. The number of anilines is 1. The van der Waals surface area contributed by atoms with Crippen LogP contribution in [0.4, 0.5) is 5.69 Å². The molecule has 3 aromatic rings. The molecule has 3 rings (SSSR count). The van der Waals surface area contributed by atoms with Gasteiger partial charge in [0.1, 0.15) is 18.1 Å². The Kier molecular flexibility index (Phi) is 7.61. The van der Waals surface area contributed by atoms with Crippen LogP contribution in [-0.2, 0) is 6.61 Å². The van der Waals surface area contributed by atoms with Crippen LogP contribution in [0.15, 0.2) is 82.4 Å². The molecule has 0 aliphatic heterocycles. The first-order valence-electron chi connectivity index (χ1n) is 8.84. The molecule has 0 saturated heterocycles. The molecule has 0 saturated carbocycles. The first-order valence-corrected chi connectivity index (χ1v) is 10.0. The van der Waals surface area contributed by atoms with Crippen LogP contribution in [0.1, 0.15) is 11.1 Å². The van der Waals surface area contributed by atoms with Crippen molar-refractivity contribution < 1.29 is 9.47 Å². The summed E-state index contributed by atoms with van der Waals surface area (Å²) in [5.41, 5.74) is 5.58. The zero-order valence-corrected chi connectivity index (χ0v) is 18.2. The quantitative estimate of drug-likeness (QED) is 0.277. The molecule has 0 spiro atoms. The third kappa shape index (κ3) is 6.58. The standard InChI is InChI=1S/C22H20BrN3O2S/c1-27-20-10-8-19(9-11-20)25-22(29)26-24-14-17-13-18(23)7-12-21(17)28-15-16-5-3-2-4-6-16/h2-14H,15H2,1H3,(H2,25,26,29). The molecule has 29 heavy (non-hydrogen) atoms. The molecule has 0 bridgehead atoms. The van der Waals surface area contributed by atoms with Gasteiger partial charge in [-0.25, -0.2) is 0 Å². The van der Waals surface area contributed by atoms with E-state index in [0.29, 0.717) is 11.7 Å². The minimum absolute atomic E-state index is 0.383. The first kappa shape index (κ1) is 20.8. The van der Waals surface area contributed by atoms with Crippen LogP contribution in [0.25, 0.3) is 0 Å². The molecule has 5 nitrogen and oxygen atoms in total. The summed E-state index contributed by atoms with van der Waals surface area (Å²) in [6.45, 7) is 0.480. The lowest BCUT2D eigenvalue weighted by Gasteiger charge is -2.10. The summed E-state index contributed by atoms with van der Waals surface area (Å²) in [6.07, 6.45) is 1.67. The number of hydrogen-bond acceptors (Lipinski definition) is 4. The van der Waals surface area contributed by atoms with Gasteiger partial charge < -0.3 is 14.8 Å². The number of hydrogen-bond donors (Lipinski definition) is 2. The summed E-state index contributed by atoms with van der Waals surface area (Å²) >= 11 is 8.76.